The fraction of sp³-hybridized carbons (Fsp3) is 0.429. The molecule has 0 unspecified atom stereocenters. The van der Waals surface area contributed by atoms with Crippen molar-refractivity contribution in [2.45, 2.75) is 33.2 Å². The van der Waals surface area contributed by atoms with Crippen molar-refractivity contribution in [2.75, 3.05) is 17.7 Å². The molecule has 0 aliphatic heterocycles. The summed E-state index contributed by atoms with van der Waals surface area (Å²) in [4.78, 5) is 17.1. The van der Waals surface area contributed by atoms with Crippen molar-refractivity contribution >= 4 is 11.6 Å². The summed E-state index contributed by atoms with van der Waals surface area (Å²) in [6, 6.07) is 1.90. The topological polar surface area (TPSA) is 75.6 Å². The lowest BCUT2D eigenvalue weighted by atomic mass is 10.1. The fourth-order valence-corrected chi connectivity index (χ4v) is 2.04. The highest BCUT2D eigenvalue weighted by molar-refractivity contribution is 5.57. The van der Waals surface area contributed by atoms with Crippen molar-refractivity contribution < 1.29 is 0 Å². The summed E-state index contributed by atoms with van der Waals surface area (Å²) in [6.45, 7) is 4.65. The standard InChI is InChI=1S/C14H20N6/c1-4-5-12-13(15-3)18-9-19-14(12)17-8-11-6-7-16-10(2)20-11/h6-7,9H,4-5,8H2,1-3H3,(H2,15,17,18,19). The number of nitrogens with one attached hydrogen (secondary N) is 2. The van der Waals surface area contributed by atoms with Gasteiger partial charge in [-0.05, 0) is 19.4 Å². The monoisotopic (exact) mass is 272 g/mol. The Morgan fingerprint density at radius 1 is 1.15 bits per heavy atom. The summed E-state index contributed by atoms with van der Waals surface area (Å²) < 4.78 is 0. The predicted octanol–water partition coefficient (Wildman–Crippen LogP) is 2.18. The number of hydrogen-bond donors (Lipinski definition) is 2. The molecule has 0 aromatic carbocycles. The number of rotatable bonds is 6. The van der Waals surface area contributed by atoms with Crippen LogP contribution in [0.3, 0.4) is 0 Å². The number of aryl methyl sites for hydroxylation is 1. The zero-order valence-electron chi connectivity index (χ0n) is 12.1. The molecule has 2 aromatic rings. The lowest BCUT2D eigenvalue weighted by Gasteiger charge is -2.13. The van der Waals surface area contributed by atoms with Gasteiger partial charge >= 0.3 is 0 Å². The number of aromatic nitrogens is 4. The largest absolute Gasteiger partial charge is 0.373 e. The summed E-state index contributed by atoms with van der Waals surface area (Å²) in [5, 5.41) is 6.45. The van der Waals surface area contributed by atoms with Crippen LogP contribution in [0.1, 0.15) is 30.4 Å². The highest BCUT2D eigenvalue weighted by Gasteiger charge is 2.09. The van der Waals surface area contributed by atoms with E-state index in [1.165, 1.54) is 0 Å². The van der Waals surface area contributed by atoms with E-state index in [9.17, 15) is 0 Å². The Morgan fingerprint density at radius 3 is 2.65 bits per heavy atom. The second kappa shape index (κ2) is 6.79. The maximum Gasteiger partial charge on any atom is 0.135 e. The summed E-state index contributed by atoms with van der Waals surface area (Å²) in [7, 11) is 1.87. The van der Waals surface area contributed by atoms with Gasteiger partial charge in [-0.25, -0.2) is 19.9 Å². The van der Waals surface area contributed by atoms with Gasteiger partial charge in [-0.3, -0.25) is 0 Å². The minimum Gasteiger partial charge on any atom is -0.373 e. The van der Waals surface area contributed by atoms with E-state index in [2.05, 4.69) is 37.5 Å². The van der Waals surface area contributed by atoms with E-state index < -0.39 is 0 Å². The summed E-state index contributed by atoms with van der Waals surface area (Å²) in [5.41, 5.74) is 2.06. The molecule has 0 atom stereocenters. The minimum atomic E-state index is 0.625. The number of anilines is 2. The second-order valence-electron chi connectivity index (χ2n) is 4.50. The van der Waals surface area contributed by atoms with E-state index >= 15 is 0 Å². The molecule has 0 saturated carbocycles. The quantitative estimate of drug-likeness (QED) is 0.839. The van der Waals surface area contributed by atoms with Crippen molar-refractivity contribution in [1.29, 1.82) is 0 Å². The van der Waals surface area contributed by atoms with E-state index in [4.69, 9.17) is 0 Å². The molecule has 0 aliphatic rings. The molecular weight excluding hydrogens is 252 g/mol. The van der Waals surface area contributed by atoms with Gasteiger partial charge in [0.2, 0.25) is 0 Å². The SMILES string of the molecule is CCCc1c(NC)ncnc1NCc1ccnc(C)n1. The Bertz CT molecular complexity index is 569. The molecule has 0 amide bonds. The van der Waals surface area contributed by atoms with E-state index in [0.29, 0.717) is 6.54 Å². The molecule has 2 N–H and O–H groups in total. The van der Waals surface area contributed by atoms with Crippen molar-refractivity contribution in [3.05, 3.63) is 35.7 Å². The van der Waals surface area contributed by atoms with Gasteiger partial charge in [-0.1, -0.05) is 13.3 Å². The zero-order chi connectivity index (χ0) is 14.4. The molecule has 2 rings (SSSR count). The zero-order valence-corrected chi connectivity index (χ0v) is 12.1. The average molecular weight is 272 g/mol. The van der Waals surface area contributed by atoms with Crippen molar-refractivity contribution in [3.8, 4) is 0 Å². The van der Waals surface area contributed by atoms with Gasteiger partial charge in [-0.2, -0.15) is 0 Å². The molecule has 2 heterocycles. The van der Waals surface area contributed by atoms with Crippen molar-refractivity contribution in [2.24, 2.45) is 0 Å². The van der Waals surface area contributed by atoms with Crippen LogP contribution in [-0.2, 0) is 13.0 Å². The highest BCUT2D eigenvalue weighted by atomic mass is 15.1. The molecule has 0 saturated heterocycles. The third-order valence-electron chi connectivity index (χ3n) is 2.95. The van der Waals surface area contributed by atoms with Gasteiger partial charge in [-0.15, -0.1) is 0 Å². The van der Waals surface area contributed by atoms with Crippen LogP contribution in [0, 0.1) is 6.92 Å². The predicted molar refractivity (Wildman–Crippen MR) is 79.7 cm³/mol. The van der Waals surface area contributed by atoms with E-state index in [1.54, 1.807) is 12.5 Å². The van der Waals surface area contributed by atoms with Gasteiger partial charge in [0.15, 0.2) is 0 Å². The third-order valence-corrected chi connectivity index (χ3v) is 2.95. The first-order valence-corrected chi connectivity index (χ1v) is 6.78. The molecule has 106 valence electrons. The Kier molecular flexibility index (Phi) is 4.81. The molecule has 0 radical (unpaired) electrons. The summed E-state index contributed by atoms with van der Waals surface area (Å²) in [6.07, 6.45) is 5.31. The van der Waals surface area contributed by atoms with Crippen LogP contribution in [0.15, 0.2) is 18.6 Å². The normalized spacial score (nSPS) is 10.3. The van der Waals surface area contributed by atoms with Crippen LogP contribution < -0.4 is 10.6 Å². The molecule has 6 heteroatoms. The van der Waals surface area contributed by atoms with Crippen LogP contribution in [0.2, 0.25) is 0 Å². The first-order chi connectivity index (χ1) is 9.74. The lowest BCUT2D eigenvalue weighted by molar-refractivity contribution is 0.891. The molecule has 0 bridgehead atoms. The summed E-state index contributed by atoms with van der Waals surface area (Å²) >= 11 is 0. The molecule has 0 aliphatic carbocycles. The Labute approximate surface area is 119 Å². The van der Waals surface area contributed by atoms with Gasteiger partial charge in [0.25, 0.3) is 0 Å². The fourth-order valence-electron chi connectivity index (χ4n) is 2.04. The minimum absolute atomic E-state index is 0.625. The van der Waals surface area contributed by atoms with Gasteiger partial charge in [0.05, 0.1) is 12.2 Å². The Morgan fingerprint density at radius 2 is 1.95 bits per heavy atom. The van der Waals surface area contributed by atoms with Crippen molar-refractivity contribution in [3.63, 3.8) is 0 Å². The Hall–Kier alpha value is -2.24. The van der Waals surface area contributed by atoms with Gasteiger partial charge in [0.1, 0.15) is 23.8 Å². The maximum absolute atomic E-state index is 4.37. The lowest BCUT2D eigenvalue weighted by Crippen LogP contribution is -2.09. The third kappa shape index (κ3) is 3.40. The molecule has 6 nitrogen and oxygen atoms in total. The van der Waals surface area contributed by atoms with E-state index in [-0.39, 0.29) is 0 Å². The highest BCUT2D eigenvalue weighted by Crippen LogP contribution is 2.21. The number of nitrogens with zero attached hydrogens (tertiary/aromatic N) is 4. The van der Waals surface area contributed by atoms with Gasteiger partial charge < -0.3 is 10.6 Å². The van der Waals surface area contributed by atoms with Crippen molar-refractivity contribution in [1.82, 2.24) is 19.9 Å². The average Bonchev–Trinajstić information content (AvgIpc) is 2.46. The molecule has 0 fully saturated rings. The maximum atomic E-state index is 4.37. The first kappa shape index (κ1) is 14.2. The molecule has 2 aromatic heterocycles. The van der Waals surface area contributed by atoms with Crippen LogP contribution in [0.25, 0.3) is 0 Å². The second-order valence-corrected chi connectivity index (χ2v) is 4.50. The molecule has 20 heavy (non-hydrogen) atoms. The van der Waals surface area contributed by atoms with Crippen LogP contribution in [0.5, 0.6) is 0 Å². The first-order valence-electron chi connectivity index (χ1n) is 6.78. The van der Waals surface area contributed by atoms with E-state index in [1.807, 2.05) is 20.0 Å². The van der Waals surface area contributed by atoms with Crippen LogP contribution in [0.4, 0.5) is 11.6 Å². The summed E-state index contributed by atoms with van der Waals surface area (Å²) in [5.74, 6) is 2.52. The van der Waals surface area contributed by atoms with E-state index in [0.717, 1.165) is 41.6 Å². The smallest absolute Gasteiger partial charge is 0.135 e. The van der Waals surface area contributed by atoms with Gasteiger partial charge in [0, 0.05) is 18.8 Å². The van der Waals surface area contributed by atoms with Crippen LogP contribution >= 0.6 is 0 Å². The van der Waals surface area contributed by atoms with Crippen LogP contribution in [-0.4, -0.2) is 27.0 Å². The Balaban J connectivity index is 2.16. The number of hydrogen-bond acceptors (Lipinski definition) is 6. The molecule has 0 spiro atoms. The molecular formula is C14H20N6.